The zero-order valence-corrected chi connectivity index (χ0v) is 6.71. The lowest BCUT2D eigenvalue weighted by Gasteiger charge is -2.33. The molecule has 1 fully saturated rings. The Kier molecular flexibility index (Phi) is 2.30. The predicted octanol–water partition coefficient (Wildman–Crippen LogP) is 1.26. The highest BCUT2D eigenvalue weighted by Crippen LogP contribution is 2.19. The molecule has 0 N–H and O–H groups in total. The van der Waals surface area contributed by atoms with Gasteiger partial charge in [0.1, 0.15) is 0 Å². The van der Waals surface area contributed by atoms with Crippen molar-refractivity contribution in [3.05, 3.63) is 0 Å². The second kappa shape index (κ2) is 3.04. The van der Waals surface area contributed by atoms with Gasteiger partial charge in [-0.3, -0.25) is 4.79 Å². The monoisotopic (exact) mass is 141 g/mol. The SMILES string of the molecule is CC1CCC(C)N(C=O)C1. The van der Waals surface area contributed by atoms with Crippen LogP contribution in [0.5, 0.6) is 0 Å². The van der Waals surface area contributed by atoms with E-state index in [0.717, 1.165) is 13.0 Å². The van der Waals surface area contributed by atoms with Gasteiger partial charge < -0.3 is 4.90 Å². The van der Waals surface area contributed by atoms with Crippen molar-refractivity contribution in [3.63, 3.8) is 0 Å². The van der Waals surface area contributed by atoms with Gasteiger partial charge in [0.15, 0.2) is 0 Å². The quantitative estimate of drug-likeness (QED) is 0.503. The largest absolute Gasteiger partial charge is 0.342 e. The van der Waals surface area contributed by atoms with Crippen LogP contribution in [0.4, 0.5) is 0 Å². The molecule has 1 aliphatic rings. The van der Waals surface area contributed by atoms with Crippen LogP contribution in [0.2, 0.25) is 0 Å². The topological polar surface area (TPSA) is 20.3 Å². The fourth-order valence-electron chi connectivity index (χ4n) is 1.47. The van der Waals surface area contributed by atoms with Gasteiger partial charge in [-0.1, -0.05) is 6.92 Å². The fourth-order valence-corrected chi connectivity index (χ4v) is 1.47. The Labute approximate surface area is 62.2 Å². The minimum atomic E-state index is 0.466. The third-order valence-electron chi connectivity index (χ3n) is 2.30. The smallest absolute Gasteiger partial charge is 0.209 e. The minimum Gasteiger partial charge on any atom is -0.342 e. The van der Waals surface area contributed by atoms with E-state index in [1.165, 1.54) is 12.8 Å². The average molecular weight is 141 g/mol. The summed E-state index contributed by atoms with van der Waals surface area (Å²) >= 11 is 0. The van der Waals surface area contributed by atoms with Crippen molar-refractivity contribution in [2.45, 2.75) is 32.7 Å². The Morgan fingerprint density at radius 3 is 2.60 bits per heavy atom. The summed E-state index contributed by atoms with van der Waals surface area (Å²) in [4.78, 5) is 12.3. The highest BCUT2D eigenvalue weighted by Gasteiger charge is 2.20. The number of rotatable bonds is 1. The molecule has 58 valence electrons. The second-order valence-electron chi connectivity index (χ2n) is 3.33. The summed E-state index contributed by atoms with van der Waals surface area (Å²) < 4.78 is 0. The molecule has 0 radical (unpaired) electrons. The lowest BCUT2D eigenvalue weighted by Crippen LogP contribution is -2.39. The number of carbonyl (C=O) groups excluding carboxylic acids is 1. The molecule has 2 nitrogen and oxygen atoms in total. The van der Waals surface area contributed by atoms with Crippen molar-refractivity contribution >= 4 is 6.41 Å². The third-order valence-corrected chi connectivity index (χ3v) is 2.30. The first kappa shape index (κ1) is 7.58. The molecule has 1 amide bonds. The Morgan fingerprint density at radius 1 is 1.40 bits per heavy atom. The van der Waals surface area contributed by atoms with E-state index in [4.69, 9.17) is 0 Å². The van der Waals surface area contributed by atoms with Crippen LogP contribution in [-0.4, -0.2) is 23.9 Å². The lowest BCUT2D eigenvalue weighted by molar-refractivity contribution is -0.121. The van der Waals surface area contributed by atoms with Crippen LogP contribution in [-0.2, 0) is 4.79 Å². The first-order valence-corrected chi connectivity index (χ1v) is 3.95. The van der Waals surface area contributed by atoms with Crippen LogP contribution in [0, 0.1) is 5.92 Å². The minimum absolute atomic E-state index is 0.466. The molecule has 2 atom stereocenters. The number of nitrogens with zero attached hydrogens (tertiary/aromatic N) is 1. The molecule has 0 saturated carbocycles. The second-order valence-corrected chi connectivity index (χ2v) is 3.33. The third kappa shape index (κ3) is 1.49. The molecule has 2 heteroatoms. The summed E-state index contributed by atoms with van der Waals surface area (Å²) in [6.07, 6.45) is 3.41. The van der Waals surface area contributed by atoms with Crippen LogP contribution in [0.3, 0.4) is 0 Å². The van der Waals surface area contributed by atoms with Crippen LogP contribution in [0.1, 0.15) is 26.7 Å². The molecular formula is C8H15NO. The van der Waals surface area contributed by atoms with E-state index >= 15 is 0 Å². The van der Waals surface area contributed by atoms with E-state index in [1.54, 1.807) is 0 Å². The molecule has 1 aliphatic heterocycles. The maximum Gasteiger partial charge on any atom is 0.209 e. The molecule has 0 aromatic carbocycles. The summed E-state index contributed by atoms with van der Waals surface area (Å²) in [5, 5.41) is 0. The number of hydrogen-bond acceptors (Lipinski definition) is 1. The van der Waals surface area contributed by atoms with E-state index < -0.39 is 0 Å². The zero-order valence-electron chi connectivity index (χ0n) is 6.71. The van der Waals surface area contributed by atoms with Crippen LogP contribution >= 0.6 is 0 Å². The zero-order chi connectivity index (χ0) is 7.56. The van der Waals surface area contributed by atoms with Crippen LogP contribution < -0.4 is 0 Å². The number of carbonyl (C=O) groups is 1. The normalized spacial score (nSPS) is 34.0. The summed E-state index contributed by atoms with van der Waals surface area (Å²) in [5.41, 5.74) is 0. The van der Waals surface area contributed by atoms with Gasteiger partial charge in [-0.2, -0.15) is 0 Å². The standard InChI is InChI=1S/C8H15NO/c1-7-3-4-8(2)9(5-7)6-10/h6-8H,3-5H2,1-2H3. The van der Waals surface area contributed by atoms with Crippen molar-refractivity contribution < 1.29 is 4.79 Å². The Morgan fingerprint density at radius 2 is 2.10 bits per heavy atom. The predicted molar refractivity (Wildman–Crippen MR) is 40.6 cm³/mol. The first-order chi connectivity index (χ1) is 4.74. The molecule has 10 heavy (non-hydrogen) atoms. The summed E-state index contributed by atoms with van der Waals surface area (Å²) in [7, 11) is 0. The van der Waals surface area contributed by atoms with Crippen molar-refractivity contribution in [1.82, 2.24) is 4.90 Å². The molecule has 0 spiro atoms. The van der Waals surface area contributed by atoms with Crippen molar-refractivity contribution in [2.24, 2.45) is 5.92 Å². The van der Waals surface area contributed by atoms with E-state index in [1.807, 2.05) is 4.90 Å². The lowest BCUT2D eigenvalue weighted by atomic mass is 9.96. The Hall–Kier alpha value is -0.530. The first-order valence-electron chi connectivity index (χ1n) is 3.95. The van der Waals surface area contributed by atoms with Crippen LogP contribution in [0.15, 0.2) is 0 Å². The van der Waals surface area contributed by atoms with Gasteiger partial charge in [0.05, 0.1) is 0 Å². The maximum atomic E-state index is 10.4. The average Bonchev–Trinajstić information content (AvgIpc) is 1.94. The van der Waals surface area contributed by atoms with Crippen molar-refractivity contribution in [3.8, 4) is 0 Å². The number of piperidine rings is 1. The van der Waals surface area contributed by atoms with Gasteiger partial charge in [-0.05, 0) is 25.7 Å². The molecule has 1 heterocycles. The highest BCUT2D eigenvalue weighted by molar-refractivity contribution is 5.47. The molecule has 1 saturated heterocycles. The van der Waals surface area contributed by atoms with Gasteiger partial charge in [-0.25, -0.2) is 0 Å². The Bertz CT molecular complexity index is 124. The fraction of sp³-hybridized carbons (Fsp3) is 0.875. The van der Waals surface area contributed by atoms with E-state index in [0.29, 0.717) is 12.0 Å². The van der Waals surface area contributed by atoms with Gasteiger partial charge >= 0.3 is 0 Å². The van der Waals surface area contributed by atoms with E-state index in [9.17, 15) is 4.79 Å². The maximum absolute atomic E-state index is 10.4. The number of likely N-dealkylation sites (tertiary alicyclic amines) is 1. The Balaban J connectivity index is 2.45. The molecule has 0 aliphatic carbocycles. The van der Waals surface area contributed by atoms with E-state index in [2.05, 4.69) is 13.8 Å². The molecule has 0 aromatic rings. The van der Waals surface area contributed by atoms with Gasteiger partial charge in [0.2, 0.25) is 6.41 Å². The number of hydrogen-bond donors (Lipinski definition) is 0. The molecule has 0 aromatic heterocycles. The molecule has 2 unspecified atom stereocenters. The highest BCUT2D eigenvalue weighted by atomic mass is 16.1. The summed E-state index contributed by atoms with van der Waals surface area (Å²) in [6, 6.07) is 0.466. The number of amides is 1. The van der Waals surface area contributed by atoms with Gasteiger partial charge in [-0.15, -0.1) is 0 Å². The van der Waals surface area contributed by atoms with Gasteiger partial charge in [0, 0.05) is 12.6 Å². The molecule has 0 bridgehead atoms. The van der Waals surface area contributed by atoms with E-state index in [-0.39, 0.29) is 0 Å². The summed E-state index contributed by atoms with van der Waals surface area (Å²) in [6.45, 7) is 5.26. The molecular weight excluding hydrogens is 126 g/mol. The van der Waals surface area contributed by atoms with Crippen molar-refractivity contribution in [2.75, 3.05) is 6.54 Å². The van der Waals surface area contributed by atoms with Gasteiger partial charge in [0.25, 0.3) is 0 Å². The van der Waals surface area contributed by atoms with Crippen molar-refractivity contribution in [1.29, 1.82) is 0 Å². The summed E-state index contributed by atoms with van der Waals surface area (Å²) in [5.74, 6) is 0.696. The van der Waals surface area contributed by atoms with Crippen LogP contribution in [0.25, 0.3) is 0 Å². The molecule has 1 rings (SSSR count).